The number of hydrogen-bond acceptors (Lipinski definition) is 12. The van der Waals surface area contributed by atoms with E-state index in [1.165, 1.54) is 20.8 Å². The Morgan fingerprint density at radius 3 is 1.61 bits per heavy atom. The van der Waals surface area contributed by atoms with Crippen molar-refractivity contribution < 1.29 is 57.2 Å². The van der Waals surface area contributed by atoms with Crippen LogP contribution in [-0.4, -0.2) is 74.7 Å². The lowest BCUT2D eigenvalue weighted by Crippen LogP contribution is -2.35. The van der Waals surface area contributed by atoms with Crippen LogP contribution in [0.1, 0.15) is 31.9 Å². The van der Waals surface area contributed by atoms with E-state index >= 15 is 0 Å². The standard InChI is InChI=1S/C27H34N2O12/c1-6-24(32)38-15-22(13-36-18(4)30)40-26(34)28-11-20-8-7-9-21(10-20)12-29-27(35)41-23(14-37-19(5)31)16-39-25(33)17(2)3/h6-10,22-23H,1-2,11-16H2,3-5H3,(H,28,34)(H,29,35). The third kappa shape index (κ3) is 16.0. The molecule has 0 aliphatic rings. The first-order chi connectivity index (χ1) is 19.4. The van der Waals surface area contributed by atoms with Gasteiger partial charge in [-0.05, 0) is 18.1 Å². The highest BCUT2D eigenvalue weighted by molar-refractivity contribution is 5.87. The van der Waals surface area contributed by atoms with Gasteiger partial charge in [0.2, 0.25) is 0 Å². The third-order valence-electron chi connectivity index (χ3n) is 4.68. The van der Waals surface area contributed by atoms with Crippen molar-refractivity contribution in [2.75, 3.05) is 26.4 Å². The van der Waals surface area contributed by atoms with E-state index in [0.29, 0.717) is 11.1 Å². The summed E-state index contributed by atoms with van der Waals surface area (Å²) in [6, 6.07) is 6.84. The molecule has 14 nitrogen and oxygen atoms in total. The first-order valence-electron chi connectivity index (χ1n) is 12.2. The fraction of sp³-hybridized carbons (Fsp3) is 0.407. The summed E-state index contributed by atoms with van der Waals surface area (Å²) < 4.78 is 29.9. The molecule has 0 heterocycles. The Bertz CT molecular complexity index is 1120. The summed E-state index contributed by atoms with van der Waals surface area (Å²) in [5, 5.41) is 5.06. The van der Waals surface area contributed by atoms with Crippen LogP contribution in [0.25, 0.3) is 0 Å². The van der Waals surface area contributed by atoms with Crippen LogP contribution >= 0.6 is 0 Å². The topological polar surface area (TPSA) is 182 Å². The van der Waals surface area contributed by atoms with Crippen molar-refractivity contribution in [3.05, 3.63) is 60.2 Å². The van der Waals surface area contributed by atoms with Gasteiger partial charge in [0.25, 0.3) is 0 Å². The molecule has 2 N–H and O–H groups in total. The minimum Gasteiger partial charge on any atom is -0.462 e. The second-order valence-electron chi connectivity index (χ2n) is 8.40. The van der Waals surface area contributed by atoms with Gasteiger partial charge in [-0.25, -0.2) is 19.2 Å². The number of rotatable bonds is 16. The molecule has 1 rings (SSSR count). The second kappa shape index (κ2) is 18.4. The zero-order chi connectivity index (χ0) is 30.8. The van der Waals surface area contributed by atoms with Gasteiger partial charge in [0.05, 0.1) is 0 Å². The van der Waals surface area contributed by atoms with Crippen LogP contribution in [0.3, 0.4) is 0 Å². The summed E-state index contributed by atoms with van der Waals surface area (Å²) in [7, 11) is 0. The molecule has 41 heavy (non-hydrogen) atoms. The van der Waals surface area contributed by atoms with Gasteiger partial charge >= 0.3 is 36.1 Å². The summed E-state index contributed by atoms with van der Waals surface area (Å²) in [4.78, 5) is 69.6. The number of carbonyl (C=O) groups is 6. The van der Waals surface area contributed by atoms with E-state index in [0.717, 1.165) is 6.08 Å². The molecular formula is C27H34N2O12. The van der Waals surface area contributed by atoms with Crippen LogP contribution < -0.4 is 10.6 Å². The van der Waals surface area contributed by atoms with Gasteiger partial charge in [-0.15, -0.1) is 0 Å². The predicted octanol–water partition coefficient (Wildman–Crippen LogP) is 1.85. The Morgan fingerprint density at radius 1 is 0.756 bits per heavy atom. The highest BCUT2D eigenvalue weighted by Crippen LogP contribution is 2.07. The lowest BCUT2D eigenvalue weighted by atomic mass is 10.1. The number of ether oxygens (including phenoxy) is 6. The zero-order valence-electron chi connectivity index (χ0n) is 23.1. The van der Waals surface area contributed by atoms with Gasteiger partial charge in [0.1, 0.15) is 26.4 Å². The first-order valence-corrected chi connectivity index (χ1v) is 12.2. The van der Waals surface area contributed by atoms with Crippen molar-refractivity contribution in [3.8, 4) is 0 Å². The smallest absolute Gasteiger partial charge is 0.407 e. The fourth-order valence-corrected chi connectivity index (χ4v) is 2.76. The van der Waals surface area contributed by atoms with E-state index in [2.05, 4.69) is 23.8 Å². The highest BCUT2D eigenvalue weighted by Gasteiger charge is 2.20. The lowest BCUT2D eigenvalue weighted by Gasteiger charge is -2.18. The van der Waals surface area contributed by atoms with E-state index in [4.69, 9.17) is 28.4 Å². The zero-order valence-corrected chi connectivity index (χ0v) is 23.1. The quantitative estimate of drug-likeness (QED) is 0.165. The molecule has 0 bridgehead atoms. The predicted molar refractivity (Wildman–Crippen MR) is 141 cm³/mol. The van der Waals surface area contributed by atoms with Crippen LogP contribution in [0.4, 0.5) is 9.59 Å². The van der Waals surface area contributed by atoms with Crippen LogP contribution in [-0.2, 0) is 60.7 Å². The molecule has 2 unspecified atom stereocenters. The Hall–Kier alpha value is -4.88. The summed E-state index contributed by atoms with van der Waals surface area (Å²) in [5.41, 5.74) is 1.46. The molecule has 0 saturated carbocycles. The average Bonchev–Trinajstić information content (AvgIpc) is 2.93. The molecule has 0 spiro atoms. The second-order valence-corrected chi connectivity index (χ2v) is 8.40. The maximum Gasteiger partial charge on any atom is 0.407 e. The van der Waals surface area contributed by atoms with Crippen LogP contribution in [0.15, 0.2) is 49.1 Å². The van der Waals surface area contributed by atoms with Crippen molar-refractivity contribution in [1.29, 1.82) is 0 Å². The van der Waals surface area contributed by atoms with Crippen LogP contribution in [0.2, 0.25) is 0 Å². The Kier molecular flexibility index (Phi) is 15.3. The van der Waals surface area contributed by atoms with Gasteiger partial charge in [-0.1, -0.05) is 37.4 Å². The van der Waals surface area contributed by atoms with E-state index in [-0.39, 0.29) is 45.1 Å². The van der Waals surface area contributed by atoms with E-state index in [1.807, 2.05) is 0 Å². The molecule has 0 radical (unpaired) electrons. The van der Waals surface area contributed by atoms with Crippen molar-refractivity contribution >= 4 is 36.1 Å². The Labute approximate surface area is 236 Å². The molecule has 224 valence electrons. The van der Waals surface area contributed by atoms with E-state index < -0.39 is 48.3 Å². The number of hydrogen-bond donors (Lipinski definition) is 2. The van der Waals surface area contributed by atoms with Gasteiger partial charge in [0, 0.05) is 38.6 Å². The number of carbonyl (C=O) groups excluding carboxylic acids is 6. The molecule has 0 aliphatic heterocycles. The fourth-order valence-electron chi connectivity index (χ4n) is 2.76. The number of nitrogens with one attached hydrogen (secondary N) is 2. The van der Waals surface area contributed by atoms with Gasteiger partial charge in [-0.3, -0.25) is 9.59 Å². The number of benzene rings is 1. The Morgan fingerprint density at radius 2 is 1.20 bits per heavy atom. The monoisotopic (exact) mass is 578 g/mol. The molecule has 2 atom stereocenters. The first kappa shape index (κ1) is 34.1. The summed E-state index contributed by atoms with van der Waals surface area (Å²) >= 11 is 0. The maximum absolute atomic E-state index is 12.3. The van der Waals surface area contributed by atoms with Crippen LogP contribution in [0.5, 0.6) is 0 Å². The molecule has 1 aromatic carbocycles. The molecular weight excluding hydrogens is 544 g/mol. The van der Waals surface area contributed by atoms with E-state index in [1.54, 1.807) is 24.3 Å². The van der Waals surface area contributed by atoms with E-state index in [9.17, 15) is 28.8 Å². The summed E-state index contributed by atoms with van der Waals surface area (Å²) in [6.45, 7) is 9.30. The Balaban J connectivity index is 2.62. The van der Waals surface area contributed by atoms with Crippen molar-refractivity contribution in [1.82, 2.24) is 10.6 Å². The molecule has 0 aromatic heterocycles. The van der Waals surface area contributed by atoms with Gasteiger partial charge in [-0.2, -0.15) is 0 Å². The van der Waals surface area contributed by atoms with Gasteiger partial charge in [0.15, 0.2) is 12.2 Å². The highest BCUT2D eigenvalue weighted by atomic mass is 16.6. The molecule has 1 aromatic rings. The number of amides is 2. The molecule has 14 heteroatoms. The normalized spacial score (nSPS) is 11.5. The average molecular weight is 579 g/mol. The van der Waals surface area contributed by atoms with Crippen molar-refractivity contribution in [2.45, 2.75) is 46.1 Å². The molecule has 0 fully saturated rings. The minimum atomic E-state index is -1.05. The van der Waals surface area contributed by atoms with Crippen LogP contribution in [0, 0.1) is 0 Å². The van der Waals surface area contributed by atoms with Gasteiger partial charge < -0.3 is 39.1 Å². The number of alkyl carbamates (subject to hydrolysis) is 2. The molecule has 0 saturated heterocycles. The van der Waals surface area contributed by atoms with Crippen molar-refractivity contribution in [3.63, 3.8) is 0 Å². The summed E-state index contributed by atoms with van der Waals surface area (Å²) in [5.74, 6) is -2.63. The third-order valence-corrected chi connectivity index (χ3v) is 4.68. The largest absolute Gasteiger partial charge is 0.462 e. The van der Waals surface area contributed by atoms with Crippen molar-refractivity contribution in [2.24, 2.45) is 0 Å². The SMILES string of the molecule is C=CC(=O)OCC(COC(C)=O)OC(=O)NCc1cccc(CNC(=O)OC(COC(C)=O)COC(=O)C(=C)C)c1. The minimum absolute atomic E-state index is 0.0437. The lowest BCUT2D eigenvalue weighted by molar-refractivity contribution is -0.150. The molecule has 2 amide bonds. The summed E-state index contributed by atoms with van der Waals surface area (Å²) in [6.07, 6.45) is -2.85. The molecule has 0 aliphatic carbocycles. The maximum atomic E-state index is 12.3. The number of esters is 4.